The van der Waals surface area contributed by atoms with Gasteiger partial charge in [-0.25, -0.2) is 4.79 Å². The maximum absolute atomic E-state index is 11.1. The summed E-state index contributed by atoms with van der Waals surface area (Å²) >= 11 is 11.5. The van der Waals surface area contributed by atoms with Gasteiger partial charge in [-0.1, -0.05) is 29.3 Å². The first-order chi connectivity index (χ1) is 7.15. The molecule has 1 rings (SSSR count). The second kappa shape index (κ2) is 5.80. The lowest BCUT2D eigenvalue weighted by Crippen LogP contribution is -2.29. The van der Waals surface area contributed by atoms with E-state index in [9.17, 15) is 4.79 Å². The maximum Gasteiger partial charge on any atom is 0.412 e. The highest BCUT2D eigenvalue weighted by atomic mass is 35.5. The van der Waals surface area contributed by atoms with E-state index < -0.39 is 6.09 Å². The Morgan fingerprint density at radius 1 is 1.47 bits per heavy atom. The molecule has 0 aliphatic carbocycles. The van der Waals surface area contributed by atoms with Gasteiger partial charge >= 0.3 is 6.09 Å². The molecular weight excluding hydrogens is 241 g/mol. The lowest BCUT2D eigenvalue weighted by molar-refractivity contribution is 0.195. The van der Waals surface area contributed by atoms with Crippen LogP contribution in [-0.2, 0) is 0 Å². The fourth-order valence-corrected chi connectivity index (χ4v) is 1.19. The topological polar surface area (TPSA) is 58.6 Å². The highest BCUT2D eigenvalue weighted by Crippen LogP contribution is 2.31. The van der Waals surface area contributed by atoms with Crippen LogP contribution in [0.2, 0.25) is 10.0 Å². The zero-order chi connectivity index (χ0) is 11.3. The summed E-state index contributed by atoms with van der Waals surface area (Å²) in [4.78, 5) is 11.1. The van der Waals surface area contributed by atoms with Gasteiger partial charge in [-0.05, 0) is 12.1 Å². The minimum Gasteiger partial charge on any atom is -0.409 e. The Balaban J connectivity index is 2.64. The number of aliphatic hydroxyl groups is 1. The van der Waals surface area contributed by atoms with Crippen molar-refractivity contribution in [1.82, 2.24) is 5.32 Å². The fourth-order valence-electron chi connectivity index (χ4n) is 0.857. The number of rotatable bonds is 3. The van der Waals surface area contributed by atoms with Crippen LogP contribution in [0.1, 0.15) is 0 Å². The smallest absolute Gasteiger partial charge is 0.409 e. The van der Waals surface area contributed by atoms with Crippen molar-refractivity contribution < 1.29 is 14.6 Å². The summed E-state index contributed by atoms with van der Waals surface area (Å²) in [6, 6.07) is 4.72. The predicted molar refractivity (Wildman–Crippen MR) is 57.6 cm³/mol. The van der Waals surface area contributed by atoms with E-state index in [0.29, 0.717) is 5.02 Å². The highest BCUT2D eigenvalue weighted by molar-refractivity contribution is 6.43. The molecule has 0 aliphatic heterocycles. The van der Waals surface area contributed by atoms with E-state index in [0.717, 1.165) is 0 Å². The van der Waals surface area contributed by atoms with Gasteiger partial charge in [-0.3, -0.25) is 0 Å². The summed E-state index contributed by atoms with van der Waals surface area (Å²) in [6.45, 7) is -0.0323. The van der Waals surface area contributed by atoms with Crippen molar-refractivity contribution in [2.45, 2.75) is 0 Å². The molecule has 1 aromatic rings. The normalized spacial score (nSPS) is 9.80. The van der Waals surface area contributed by atoms with Crippen LogP contribution in [-0.4, -0.2) is 24.4 Å². The number of hydrogen-bond acceptors (Lipinski definition) is 3. The Hall–Kier alpha value is -0.970. The Morgan fingerprint density at radius 2 is 2.20 bits per heavy atom. The molecule has 15 heavy (non-hydrogen) atoms. The van der Waals surface area contributed by atoms with Crippen LogP contribution in [0.25, 0.3) is 0 Å². The van der Waals surface area contributed by atoms with Gasteiger partial charge in [0, 0.05) is 6.54 Å². The van der Waals surface area contributed by atoms with Gasteiger partial charge in [0.15, 0.2) is 5.75 Å². The lowest BCUT2D eigenvalue weighted by atomic mass is 10.3. The number of hydrogen-bond donors (Lipinski definition) is 2. The van der Waals surface area contributed by atoms with Crippen molar-refractivity contribution in [1.29, 1.82) is 0 Å². The first-order valence-corrected chi connectivity index (χ1v) is 4.91. The zero-order valence-electron chi connectivity index (χ0n) is 7.67. The predicted octanol–water partition coefficient (Wildman–Crippen LogP) is 2.07. The summed E-state index contributed by atoms with van der Waals surface area (Å²) in [6.07, 6.45) is -0.687. The number of nitrogens with one attached hydrogen (secondary N) is 1. The van der Waals surface area contributed by atoms with Crippen molar-refractivity contribution in [3.05, 3.63) is 28.2 Å². The maximum atomic E-state index is 11.1. The lowest BCUT2D eigenvalue weighted by Gasteiger charge is -2.07. The Morgan fingerprint density at radius 3 is 2.87 bits per heavy atom. The van der Waals surface area contributed by atoms with E-state index in [2.05, 4.69) is 5.32 Å². The summed E-state index contributed by atoms with van der Waals surface area (Å²) in [7, 11) is 0. The number of benzene rings is 1. The van der Waals surface area contributed by atoms with E-state index >= 15 is 0 Å². The van der Waals surface area contributed by atoms with E-state index in [1.54, 1.807) is 12.1 Å². The number of carbonyl (C=O) groups is 1. The van der Waals surface area contributed by atoms with Crippen LogP contribution >= 0.6 is 23.2 Å². The third-order valence-electron chi connectivity index (χ3n) is 1.50. The summed E-state index contributed by atoms with van der Waals surface area (Å²) in [5.41, 5.74) is 0. The van der Waals surface area contributed by atoms with Crippen LogP contribution in [0.15, 0.2) is 18.2 Å². The molecule has 0 fully saturated rings. The van der Waals surface area contributed by atoms with Crippen molar-refractivity contribution in [3.8, 4) is 5.75 Å². The molecule has 0 radical (unpaired) electrons. The van der Waals surface area contributed by atoms with Crippen molar-refractivity contribution in [3.63, 3.8) is 0 Å². The molecule has 0 atom stereocenters. The van der Waals surface area contributed by atoms with Crippen LogP contribution in [0.5, 0.6) is 5.75 Å². The summed E-state index contributed by atoms with van der Waals surface area (Å²) < 4.78 is 4.85. The molecule has 0 saturated heterocycles. The monoisotopic (exact) mass is 249 g/mol. The van der Waals surface area contributed by atoms with Crippen molar-refractivity contribution in [2.75, 3.05) is 13.2 Å². The Bertz CT molecular complexity index is 357. The molecule has 0 saturated carbocycles. The quantitative estimate of drug-likeness (QED) is 0.863. The van der Waals surface area contributed by atoms with Crippen LogP contribution in [0, 0.1) is 0 Å². The number of amides is 1. The standard InChI is InChI=1S/C9H9Cl2NO3/c10-6-2-1-3-7(8(6)11)15-9(14)12-4-5-13/h1-3,13H,4-5H2,(H,12,14). The second-order valence-electron chi connectivity index (χ2n) is 2.59. The molecule has 1 aromatic carbocycles. The van der Waals surface area contributed by atoms with Gasteiger partial charge < -0.3 is 15.2 Å². The van der Waals surface area contributed by atoms with Gasteiger partial charge in [0.1, 0.15) is 5.02 Å². The van der Waals surface area contributed by atoms with Crippen LogP contribution < -0.4 is 10.1 Å². The highest BCUT2D eigenvalue weighted by Gasteiger charge is 2.09. The third-order valence-corrected chi connectivity index (χ3v) is 2.30. The van der Waals surface area contributed by atoms with E-state index in [1.165, 1.54) is 6.07 Å². The van der Waals surface area contributed by atoms with Gasteiger partial charge in [-0.15, -0.1) is 0 Å². The Labute approximate surface area is 96.8 Å². The summed E-state index contributed by atoms with van der Waals surface area (Å²) in [5, 5.41) is 11.3. The van der Waals surface area contributed by atoms with Gasteiger partial charge in [0.25, 0.3) is 0 Å². The molecule has 0 unspecified atom stereocenters. The first kappa shape index (κ1) is 12.1. The molecule has 2 N–H and O–H groups in total. The molecule has 0 aromatic heterocycles. The van der Waals surface area contributed by atoms with Crippen molar-refractivity contribution in [2.24, 2.45) is 0 Å². The minimum absolute atomic E-state index is 0.122. The first-order valence-electron chi connectivity index (χ1n) is 4.15. The zero-order valence-corrected chi connectivity index (χ0v) is 9.18. The minimum atomic E-state index is -0.687. The number of aliphatic hydroxyl groups excluding tert-OH is 1. The molecule has 0 heterocycles. The molecular formula is C9H9Cl2NO3. The average molecular weight is 250 g/mol. The van der Waals surface area contributed by atoms with E-state index in [4.69, 9.17) is 33.0 Å². The average Bonchev–Trinajstić information content (AvgIpc) is 2.22. The number of ether oxygens (including phenoxy) is 1. The SMILES string of the molecule is O=C(NCCO)Oc1cccc(Cl)c1Cl. The van der Waals surface area contributed by atoms with E-state index in [1.807, 2.05) is 0 Å². The van der Waals surface area contributed by atoms with Crippen molar-refractivity contribution >= 4 is 29.3 Å². The molecule has 82 valence electrons. The fraction of sp³-hybridized carbons (Fsp3) is 0.222. The molecule has 0 bridgehead atoms. The molecule has 6 heteroatoms. The van der Waals surface area contributed by atoms with Crippen LogP contribution in [0.4, 0.5) is 4.79 Å². The number of carbonyl (C=O) groups excluding carboxylic acids is 1. The van der Waals surface area contributed by atoms with Crippen LogP contribution in [0.3, 0.4) is 0 Å². The number of halogens is 2. The molecule has 4 nitrogen and oxygen atoms in total. The van der Waals surface area contributed by atoms with Gasteiger partial charge in [0.2, 0.25) is 0 Å². The largest absolute Gasteiger partial charge is 0.412 e. The molecule has 0 spiro atoms. The van der Waals surface area contributed by atoms with E-state index in [-0.39, 0.29) is 23.9 Å². The van der Waals surface area contributed by atoms with Gasteiger partial charge in [0.05, 0.1) is 11.6 Å². The second-order valence-corrected chi connectivity index (χ2v) is 3.38. The molecule has 0 aliphatic rings. The van der Waals surface area contributed by atoms with Gasteiger partial charge in [-0.2, -0.15) is 0 Å². The Kier molecular flexibility index (Phi) is 4.68. The summed E-state index contributed by atoms with van der Waals surface area (Å²) in [5.74, 6) is 0.180. The molecule has 1 amide bonds. The third kappa shape index (κ3) is 3.58.